The van der Waals surface area contributed by atoms with Gasteiger partial charge in [0.15, 0.2) is 0 Å². The van der Waals surface area contributed by atoms with Crippen molar-refractivity contribution in [2.75, 3.05) is 26.2 Å². The zero-order chi connectivity index (χ0) is 56.9. The molecule has 1 heterocycles. The minimum Gasteiger partial charge on any atom is -0.391 e. The van der Waals surface area contributed by atoms with Gasteiger partial charge in [-0.3, -0.25) is 47.9 Å². The molecule has 428 valence electrons. The fraction of sp³-hybridized carbons (Fsp3) is 0.686. The summed E-state index contributed by atoms with van der Waals surface area (Å²) in [6, 6.07) is -4.15. The summed E-state index contributed by atoms with van der Waals surface area (Å²) in [5.74, 6) is -8.57. The van der Waals surface area contributed by atoms with E-state index in [9.17, 15) is 58.2 Å². The van der Waals surface area contributed by atoms with Gasteiger partial charge in [-0.2, -0.15) is 0 Å². The number of nitrogens with one attached hydrogen (secondary N) is 10. The molecule has 25 heteroatoms. The molecular weight excluding hydrogens is 987 g/mol. The van der Waals surface area contributed by atoms with Gasteiger partial charge in [0.2, 0.25) is 59.1 Å². The third kappa shape index (κ3) is 23.3. The van der Waals surface area contributed by atoms with Crippen molar-refractivity contribution in [2.24, 2.45) is 23.1 Å². The summed E-state index contributed by atoms with van der Waals surface area (Å²) in [5, 5.41) is 47.0. The quantitative estimate of drug-likeness (QED) is 0.0452. The van der Waals surface area contributed by atoms with Gasteiger partial charge in [-0.1, -0.05) is 83.7 Å². The number of nitrogens with two attached hydrogens (primary N) is 3. The van der Waals surface area contributed by atoms with Crippen molar-refractivity contribution in [3.05, 3.63) is 35.9 Å². The molecule has 1 aromatic carbocycles. The van der Waals surface area contributed by atoms with Crippen molar-refractivity contribution in [1.29, 1.82) is 0 Å². The van der Waals surface area contributed by atoms with Crippen LogP contribution in [0.25, 0.3) is 0 Å². The Labute approximate surface area is 446 Å². The van der Waals surface area contributed by atoms with Crippen LogP contribution in [0, 0.1) is 5.92 Å². The lowest BCUT2D eigenvalue weighted by Crippen LogP contribution is -2.61. The maximum absolute atomic E-state index is 14.4. The maximum Gasteiger partial charge on any atom is 0.245 e. The summed E-state index contributed by atoms with van der Waals surface area (Å²) < 4.78 is 0. The summed E-state index contributed by atoms with van der Waals surface area (Å²) in [7, 11) is 0. The van der Waals surface area contributed by atoms with E-state index in [1.807, 2.05) is 0 Å². The summed E-state index contributed by atoms with van der Waals surface area (Å²) >= 11 is 0. The highest BCUT2D eigenvalue weighted by atomic mass is 16.3. The third-order valence-corrected chi connectivity index (χ3v) is 12.6. The highest BCUT2D eigenvalue weighted by Crippen LogP contribution is 2.12. The molecule has 1 saturated heterocycles. The lowest BCUT2D eigenvalue weighted by Gasteiger charge is -2.28. The lowest BCUT2D eigenvalue weighted by atomic mass is 10.00. The monoisotopic (exact) mass is 1070 g/mol. The van der Waals surface area contributed by atoms with Crippen molar-refractivity contribution < 1.29 is 58.2 Å². The number of benzene rings is 1. The van der Waals surface area contributed by atoms with Crippen molar-refractivity contribution in [1.82, 2.24) is 53.2 Å². The minimum absolute atomic E-state index is 0.0433. The van der Waals surface area contributed by atoms with Gasteiger partial charge in [0.25, 0.3) is 0 Å². The molecule has 0 aromatic heterocycles. The normalized spacial score (nSPS) is 23.4. The predicted molar refractivity (Wildman–Crippen MR) is 283 cm³/mol. The maximum atomic E-state index is 14.4. The molecular formula is C51H87N13O12. The van der Waals surface area contributed by atoms with Gasteiger partial charge in [-0.15, -0.1) is 0 Å². The minimum atomic E-state index is -1.64. The molecule has 1 fully saturated rings. The van der Waals surface area contributed by atoms with Crippen LogP contribution >= 0.6 is 0 Å². The number of unbranched alkanes of at least 4 members (excludes halogenated alkanes) is 4. The number of rotatable bonds is 24. The van der Waals surface area contributed by atoms with E-state index in [2.05, 4.69) is 60.1 Å². The first-order valence-corrected chi connectivity index (χ1v) is 26.6. The smallest absolute Gasteiger partial charge is 0.245 e. The highest BCUT2D eigenvalue weighted by molar-refractivity contribution is 5.99. The first-order valence-electron chi connectivity index (χ1n) is 26.6. The topological polar surface area (TPSA) is 410 Å². The van der Waals surface area contributed by atoms with Crippen LogP contribution in [0.1, 0.15) is 124 Å². The Morgan fingerprint density at radius 1 is 0.618 bits per heavy atom. The number of amides is 10. The fourth-order valence-electron chi connectivity index (χ4n) is 8.23. The van der Waals surface area contributed by atoms with Crippen LogP contribution in [-0.2, 0) is 54.4 Å². The number of hydrogen-bond acceptors (Lipinski definition) is 15. The van der Waals surface area contributed by atoms with Crippen LogP contribution < -0.4 is 70.4 Å². The van der Waals surface area contributed by atoms with Crippen LogP contribution in [0.15, 0.2) is 30.3 Å². The van der Waals surface area contributed by atoms with Crippen molar-refractivity contribution in [3.63, 3.8) is 0 Å². The van der Waals surface area contributed by atoms with Crippen molar-refractivity contribution >= 4 is 59.1 Å². The molecule has 25 nitrogen and oxygen atoms in total. The van der Waals surface area contributed by atoms with E-state index in [1.165, 1.54) is 13.8 Å². The van der Waals surface area contributed by atoms with Crippen LogP contribution in [0.4, 0.5) is 0 Å². The van der Waals surface area contributed by atoms with E-state index in [1.54, 1.807) is 51.1 Å². The number of hydrogen-bond donors (Lipinski definition) is 15. The molecule has 10 amide bonds. The van der Waals surface area contributed by atoms with Gasteiger partial charge >= 0.3 is 0 Å². The molecule has 18 N–H and O–H groups in total. The Hall–Kier alpha value is -6.28. The van der Waals surface area contributed by atoms with Crippen LogP contribution in [0.5, 0.6) is 0 Å². The summed E-state index contributed by atoms with van der Waals surface area (Å²) in [4.78, 5) is 139. The highest BCUT2D eigenvalue weighted by Gasteiger charge is 2.37. The zero-order valence-corrected chi connectivity index (χ0v) is 45.0. The molecule has 0 spiro atoms. The van der Waals surface area contributed by atoms with Gasteiger partial charge in [-0.25, -0.2) is 0 Å². The summed E-state index contributed by atoms with van der Waals surface area (Å²) in [6.45, 7) is 8.97. The van der Waals surface area contributed by atoms with E-state index in [0.717, 1.165) is 25.7 Å². The van der Waals surface area contributed by atoms with Gasteiger partial charge in [0, 0.05) is 19.4 Å². The largest absolute Gasteiger partial charge is 0.391 e. The van der Waals surface area contributed by atoms with E-state index in [-0.39, 0.29) is 76.9 Å². The Kier molecular flexibility index (Phi) is 30.4. The third-order valence-electron chi connectivity index (χ3n) is 12.6. The van der Waals surface area contributed by atoms with E-state index in [4.69, 9.17) is 17.2 Å². The molecule has 76 heavy (non-hydrogen) atoms. The molecule has 1 unspecified atom stereocenters. The average molecular weight is 1070 g/mol. The van der Waals surface area contributed by atoms with Crippen LogP contribution in [0.3, 0.4) is 0 Å². The summed E-state index contributed by atoms with van der Waals surface area (Å²) in [5.41, 5.74) is 18.2. The molecule has 1 aliphatic heterocycles. The molecule has 0 saturated carbocycles. The van der Waals surface area contributed by atoms with Gasteiger partial charge < -0.3 is 80.6 Å². The molecule has 11 atom stereocenters. The van der Waals surface area contributed by atoms with Gasteiger partial charge in [0.05, 0.1) is 12.2 Å². The molecule has 1 aliphatic rings. The Morgan fingerprint density at radius 3 is 1.63 bits per heavy atom. The molecule has 0 bridgehead atoms. The molecule has 2 rings (SSSR count). The van der Waals surface area contributed by atoms with E-state index < -0.39 is 132 Å². The second kappa shape index (κ2) is 35.1. The van der Waals surface area contributed by atoms with E-state index >= 15 is 0 Å². The standard InChI is InChI=1S/C51H87N13O12/c1-7-9-10-11-15-18-40(67)63-42(31(6)66)51(76)56-33(8-2)43(68)60-37-22-26-55-50(75)41(30(5)65)64-47(72)36(21-25-54)58-44(69)34(19-23-52)59-48(73)38(27-29(3)4)61-49(74)39(28-32-16-13-12-14-17-32)62-45(70)35(20-24-53)57-46(37)71/h12-14,16-17,29-31,33-39,41-42,65-66H,7-11,15,18-28,52-54H2,1-6H3,(H,55,75)(H,56,76)(H,57,71)(H,58,69)(H,59,73)(H,60,68)(H,61,74)(H,62,70)(H,63,67)(H,64,72)/t30-,31-,33+,34+,35+,36+,37+,38+,39-,41?,42+/m1/s1. The second-order valence-electron chi connectivity index (χ2n) is 19.6. The second-order valence-corrected chi connectivity index (χ2v) is 19.6. The van der Waals surface area contributed by atoms with Gasteiger partial charge in [0.1, 0.15) is 54.4 Å². The number of carbonyl (C=O) groups is 10. The molecule has 0 radical (unpaired) electrons. The predicted octanol–water partition coefficient (Wildman–Crippen LogP) is -3.26. The lowest BCUT2D eigenvalue weighted by molar-refractivity contribution is -0.136. The van der Waals surface area contributed by atoms with Crippen LogP contribution in [-0.4, -0.2) is 162 Å². The first-order chi connectivity index (χ1) is 36.1. The number of aliphatic hydroxyl groups excluding tert-OH is 2. The zero-order valence-electron chi connectivity index (χ0n) is 45.0. The van der Waals surface area contributed by atoms with Crippen molar-refractivity contribution in [2.45, 2.75) is 192 Å². The fourth-order valence-corrected chi connectivity index (χ4v) is 8.23. The SMILES string of the molecule is CCCCCCCC(=O)N[C@H](C(=O)N[C@@H](CC)C(=O)N[C@H]1CCNC(=O)C([C@@H](C)O)NC(=O)[C@H](CCN)NC(=O)[C@H](CCN)NC(=O)[C@H](CC(C)C)NC(=O)[C@@H](Cc2ccccc2)NC(=O)[C@H](CCN)NC1=O)[C@@H](C)O. The Morgan fingerprint density at radius 2 is 1.12 bits per heavy atom. The van der Waals surface area contributed by atoms with E-state index in [0.29, 0.717) is 12.0 Å². The Balaban J connectivity index is 2.67. The first kappa shape index (κ1) is 65.8. The average Bonchev–Trinajstić information content (AvgIpc) is 3.36. The van der Waals surface area contributed by atoms with Crippen LogP contribution in [0.2, 0.25) is 0 Å². The van der Waals surface area contributed by atoms with Crippen molar-refractivity contribution in [3.8, 4) is 0 Å². The summed E-state index contributed by atoms with van der Waals surface area (Å²) in [6.07, 6.45) is 0.669. The number of aliphatic hydroxyl groups is 2. The molecule has 1 aromatic rings. The Bertz CT molecular complexity index is 2050. The van der Waals surface area contributed by atoms with Gasteiger partial charge in [-0.05, 0) is 89.9 Å². The molecule has 0 aliphatic carbocycles. The number of carbonyl (C=O) groups excluding carboxylic acids is 10.